The molecule has 1 aliphatic rings. The summed E-state index contributed by atoms with van der Waals surface area (Å²) in [6, 6.07) is 10.6. The summed E-state index contributed by atoms with van der Waals surface area (Å²) < 4.78 is 5.38. The quantitative estimate of drug-likeness (QED) is 0.446. The van der Waals surface area contributed by atoms with Crippen LogP contribution in [0.15, 0.2) is 52.0 Å². The average Bonchev–Trinajstić information content (AvgIpc) is 3.36. The Morgan fingerprint density at radius 3 is 2.74 bits per heavy atom. The first-order valence-corrected chi connectivity index (χ1v) is 9.62. The molecule has 0 bridgehead atoms. The number of benzene rings is 1. The van der Waals surface area contributed by atoms with Crippen LogP contribution < -0.4 is 15.5 Å². The van der Waals surface area contributed by atoms with E-state index < -0.39 is 0 Å². The van der Waals surface area contributed by atoms with Crippen LogP contribution in [0, 0.1) is 0 Å². The molecule has 0 saturated heterocycles. The summed E-state index contributed by atoms with van der Waals surface area (Å²) in [5.74, 6) is 1.95. The van der Waals surface area contributed by atoms with Gasteiger partial charge in [0.1, 0.15) is 0 Å². The second kappa shape index (κ2) is 9.26. The standard InChI is InChI=1S/C21H29N5O/c1-4-22-21(24-15-19-13-20(16(2)3)25-27-19)23-14-17-8-7-9-18(12-17)26-10-5-6-11-26/h5-9,12-13,16H,4,10-11,14-15H2,1-3H3,(H2,22,23,24). The zero-order valence-electron chi connectivity index (χ0n) is 16.4. The van der Waals surface area contributed by atoms with Crippen molar-refractivity contribution in [3.63, 3.8) is 0 Å². The topological polar surface area (TPSA) is 65.7 Å². The third-order valence-electron chi connectivity index (χ3n) is 4.46. The fraction of sp³-hybridized carbons (Fsp3) is 0.429. The van der Waals surface area contributed by atoms with Gasteiger partial charge in [-0.15, -0.1) is 0 Å². The number of aromatic nitrogens is 1. The molecule has 0 fully saturated rings. The highest BCUT2D eigenvalue weighted by molar-refractivity contribution is 5.79. The van der Waals surface area contributed by atoms with E-state index in [9.17, 15) is 0 Å². The number of guanidine groups is 1. The third kappa shape index (κ3) is 5.36. The van der Waals surface area contributed by atoms with Gasteiger partial charge in [0.2, 0.25) is 0 Å². The van der Waals surface area contributed by atoms with E-state index in [0.717, 1.165) is 37.0 Å². The minimum Gasteiger partial charge on any atom is -0.364 e. The summed E-state index contributed by atoms with van der Waals surface area (Å²) in [6.07, 6.45) is 4.40. The second-order valence-electron chi connectivity index (χ2n) is 6.97. The van der Waals surface area contributed by atoms with Crippen LogP contribution in [0.25, 0.3) is 0 Å². The molecule has 2 aromatic rings. The van der Waals surface area contributed by atoms with Crippen molar-refractivity contribution in [2.45, 2.75) is 39.8 Å². The molecule has 0 amide bonds. The van der Waals surface area contributed by atoms with Crippen molar-refractivity contribution in [2.75, 3.05) is 24.5 Å². The van der Waals surface area contributed by atoms with Crippen molar-refractivity contribution >= 4 is 11.6 Å². The predicted molar refractivity (Wildman–Crippen MR) is 110 cm³/mol. The van der Waals surface area contributed by atoms with Crippen molar-refractivity contribution < 1.29 is 4.52 Å². The number of nitrogens with one attached hydrogen (secondary N) is 2. The highest BCUT2D eigenvalue weighted by Gasteiger charge is 2.09. The van der Waals surface area contributed by atoms with Crippen LogP contribution in [-0.2, 0) is 13.1 Å². The Labute approximate surface area is 161 Å². The highest BCUT2D eigenvalue weighted by atomic mass is 16.5. The van der Waals surface area contributed by atoms with Crippen molar-refractivity contribution in [3.8, 4) is 0 Å². The molecule has 6 nitrogen and oxygen atoms in total. The monoisotopic (exact) mass is 367 g/mol. The van der Waals surface area contributed by atoms with E-state index in [1.54, 1.807) is 0 Å². The lowest BCUT2D eigenvalue weighted by atomic mass is 10.1. The highest BCUT2D eigenvalue weighted by Crippen LogP contribution is 2.19. The van der Waals surface area contributed by atoms with Crippen LogP contribution in [0.2, 0.25) is 0 Å². The van der Waals surface area contributed by atoms with Gasteiger partial charge in [0.05, 0.1) is 18.8 Å². The molecule has 0 spiro atoms. The molecule has 1 aromatic carbocycles. The smallest absolute Gasteiger partial charge is 0.191 e. The maximum Gasteiger partial charge on any atom is 0.191 e. The Kier molecular flexibility index (Phi) is 6.52. The van der Waals surface area contributed by atoms with E-state index in [4.69, 9.17) is 9.52 Å². The van der Waals surface area contributed by atoms with Crippen molar-refractivity contribution in [2.24, 2.45) is 4.99 Å². The van der Waals surface area contributed by atoms with Crippen molar-refractivity contribution in [3.05, 3.63) is 59.5 Å². The van der Waals surface area contributed by atoms with Crippen LogP contribution in [0.4, 0.5) is 5.69 Å². The van der Waals surface area contributed by atoms with E-state index in [1.807, 2.05) is 6.07 Å². The second-order valence-corrected chi connectivity index (χ2v) is 6.97. The molecule has 0 radical (unpaired) electrons. The van der Waals surface area contributed by atoms with Crippen molar-refractivity contribution in [1.29, 1.82) is 0 Å². The molecule has 0 atom stereocenters. The van der Waals surface area contributed by atoms with Gasteiger partial charge in [-0.1, -0.05) is 43.3 Å². The van der Waals surface area contributed by atoms with E-state index >= 15 is 0 Å². The SMILES string of the molecule is CCNC(=NCc1cccc(N2CC=CC2)c1)NCc1cc(C(C)C)no1. The van der Waals surface area contributed by atoms with E-state index in [2.05, 4.69) is 77.9 Å². The lowest BCUT2D eigenvalue weighted by Gasteiger charge is -2.18. The van der Waals surface area contributed by atoms with Crippen LogP contribution >= 0.6 is 0 Å². The third-order valence-corrected chi connectivity index (χ3v) is 4.46. The Hall–Kier alpha value is -2.76. The zero-order valence-corrected chi connectivity index (χ0v) is 16.4. The summed E-state index contributed by atoms with van der Waals surface area (Å²) in [6.45, 7) is 10.2. The van der Waals surface area contributed by atoms with Gasteiger partial charge in [0.15, 0.2) is 11.7 Å². The van der Waals surface area contributed by atoms with Gasteiger partial charge in [0.25, 0.3) is 0 Å². The van der Waals surface area contributed by atoms with Crippen LogP contribution in [-0.4, -0.2) is 30.8 Å². The average molecular weight is 367 g/mol. The molecule has 0 unspecified atom stereocenters. The number of rotatable bonds is 7. The number of hydrogen-bond acceptors (Lipinski definition) is 4. The summed E-state index contributed by atoms with van der Waals surface area (Å²) in [5.41, 5.74) is 3.41. The van der Waals surface area contributed by atoms with Gasteiger partial charge in [-0.2, -0.15) is 0 Å². The predicted octanol–water partition coefficient (Wildman–Crippen LogP) is 3.43. The van der Waals surface area contributed by atoms with Crippen molar-refractivity contribution in [1.82, 2.24) is 15.8 Å². The number of aliphatic imine (C=N–C) groups is 1. The Bertz CT molecular complexity index is 785. The summed E-state index contributed by atoms with van der Waals surface area (Å²) in [7, 11) is 0. The fourth-order valence-electron chi connectivity index (χ4n) is 2.91. The van der Waals surface area contributed by atoms with Crippen LogP contribution in [0.1, 0.15) is 43.7 Å². The minimum absolute atomic E-state index is 0.363. The molecule has 0 saturated carbocycles. The van der Waals surface area contributed by atoms with Gasteiger partial charge in [-0.05, 0) is 30.5 Å². The van der Waals surface area contributed by atoms with E-state index in [0.29, 0.717) is 19.0 Å². The van der Waals surface area contributed by atoms with Gasteiger partial charge in [-0.3, -0.25) is 0 Å². The molecule has 1 aliphatic heterocycles. The molecule has 27 heavy (non-hydrogen) atoms. The Morgan fingerprint density at radius 2 is 2.04 bits per heavy atom. The van der Waals surface area contributed by atoms with Gasteiger partial charge in [-0.25, -0.2) is 4.99 Å². The van der Waals surface area contributed by atoms with E-state index in [1.165, 1.54) is 11.3 Å². The zero-order chi connectivity index (χ0) is 19.1. The minimum atomic E-state index is 0.363. The molecule has 144 valence electrons. The summed E-state index contributed by atoms with van der Waals surface area (Å²) in [5, 5.41) is 10.7. The lowest BCUT2D eigenvalue weighted by Crippen LogP contribution is -2.36. The van der Waals surface area contributed by atoms with Gasteiger partial charge >= 0.3 is 0 Å². The first kappa shape index (κ1) is 19.0. The number of anilines is 1. The molecular weight excluding hydrogens is 338 g/mol. The number of hydrogen-bond donors (Lipinski definition) is 2. The molecular formula is C21H29N5O. The Morgan fingerprint density at radius 1 is 1.22 bits per heavy atom. The molecule has 1 aromatic heterocycles. The van der Waals surface area contributed by atoms with Gasteiger partial charge < -0.3 is 20.1 Å². The first-order valence-electron chi connectivity index (χ1n) is 9.62. The maximum absolute atomic E-state index is 5.38. The normalized spacial score (nSPS) is 14.2. The van der Waals surface area contributed by atoms with Gasteiger partial charge in [0, 0.05) is 31.4 Å². The first-order chi connectivity index (χ1) is 13.2. The molecule has 2 heterocycles. The molecule has 2 N–H and O–H groups in total. The Balaban J connectivity index is 1.60. The maximum atomic E-state index is 5.38. The molecule has 3 rings (SSSR count). The van der Waals surface area contributed by atoms with Crippen LogP contribution in [0.3, 0.4) is 0 Å². The summed E-state index contributed by atoms with van der Waals surface area (Å²) in [4.78, 5) is 7.05. The molecule has 0 aliphatic carbocycles. The summed E-state index contributed by atoms with van der Waals surface area (Å²) >= 11 is 0. The van der Waals surface area contributed by atoms with E-state index in [-0.39, 0.29) is 0 Å². The largest absolute Gasteiger partial charge is 0.364 e. The van der Waals surface area contributed by atoms with Crippen LogP contribution in [0.5, 0.6) is 0 Å². The number of nitrogens with zero attached hydrogens (tertiary/aromatic N) is 3. The lowest BCUT2D eigenvalue weighted by molar-refractivity contribution is 0.372. The molecule has 6 heteroatoms. The fourth-order valence-corrected chi connectivity index (χ4v) is 2.91.